The van der Waals surface area contributed by atoms with Gasteiger partial charge in [-0.05, 0) is 120 Å². The molecule has 1 aliphatic heterocycles. The van der Waals surface area contributed by atoms with Gasteiger partial charge in [0.15, 0.2) is 5.69 Å². The molecule has 0 saturated carbocycles. The lowest BCUT2D eigenvalue weighted by Gasteiger charge is -2.41. The van der Waals surface area contributed by atoms with Gasteiger partial charge in [0.05, 0.1) is 126 Å². The SMILES string of the molecule is [C-]#[N+]c1ccc2c(c1)c1ccccc1n2-c1cnc2c(c1)C1(c3cc(-n4c5ccccc5c5cc(C#N)ccc54)cnc3-2)c2cccc(-n3c4ccccc4c4ccccc43)c2Sc2c(-n3c4ccccc4c4cc(C#N)ccc43)cccc21. The van der Waals surface area contributed by atoms with Gasteiger partial charge < -0.3 is 18.3 Å². The van der Waals surface area contributed by atoms with E-state index in [1.54, 1.807) is 11.8 Å². The number of fused-ring (bicyclic) bond motifs is 21. The second-order valence-electron chi connectivity index (χ2n) is 21.8. The third-order valence-electron chi connectivity index (χ3n) is 17.7. The Kier molecular flexibility index (Phi) is 9.38. The smallest absolute Gasteiger partial charge is 0.188 e. The molecular weight excluding hydrogens is 1050 g/mol. The van der Waals surface area contributed by atoms with E-state index in [0.29, 0.717) is 16.8 Å². The lowest BCUT2D eigenvalue weighted by Crippen LogP contribution is -2.33. The van der Waals surface area contributed by atoms with Crippen LogP contribution in [0.25, 0.3) is 126 Å². The van der Waals surface area contributed by atoms with Crippen molar-refractivity contribution in [3.63, 3.8) is 0 Å². The molecule has 18 rings (SSSR count). The average Bonchev–Trinajstić information content (AvgIpc) is 1.50. The molecule has 9 nitrogen and oxygen atoms in total. The molecule has 1 spiro atoms. The third kappa shape index (κ3) is 5.99. The van der Waals surface area contributed by atoms with E-state index in [4.69, 9.17) is 16.5 Å². The molecule has 1 aliphatic carbocycles. The fourth-order valence-electron chi connectivity index (χ4n) is 14.4. The van der Waals surface area contributed by atoms with Crippen LogP contribution in [0.3, 0.4) is 0 Å². The number of nitriles is 2. The zero-order chi connectivity index (χ0) is 55.5. The van der Waals surface area contributed by atoms with Gasteiger partial charge in [-0.2, -0.15) is 10.5 Å². The Bertz CT molecular complexity index is 5560. The number of benzene rings is 10. The fourth-order valence-corrected chi connectivity index (χ4v) is 15.8. The molecule has 0 amide bonds. The van der Waals surface area contributed by atoms with E-state index >= 15 is 0 Å². The molecule has 0 fully saturated rings. The average molecular weight is 1090 g/mol. The van der Waals surface area contributed by atoms with Crippen LogP contribution in [0.15, 0.2) is 247 Å². The van der Waals surface area contributed by atoms with Gasteiger partial charge >= 0.3 is 0 Å². The van der Waals surface area contributed by atoms with Gasteiger partial charge in [-0.1, -0.05) is 133 Å². The molecule has 16 aromatic rings. The molecule has 0 bridgehead atoms. The highest BCUT2D eigenvalue weighted by Crippen LogP contribution is 2.64. The molecule has 0 N–H and O–H groups in total. The van der Waals surface area contributed by atoms with Gasteiger partial charge in [0.2, 0.25) is 0 Å². The molecule has 10 heteroatoms. The largest absolute Gasteiger partial charge is 0.308 e. The van der Waals surface area contributed by atoms with E-state index in [0.717, 1.165) is 143 Å². The van der Waals surface area contributed by atoms with Gasteiger partial charge in [0, 0.05) is 58.6 Å². The highest BCUT2D eigenvalue weighted by Gasteiger charge is 2.53. The summed E-state index contributed by atoms with van der Waals surface area (Å²) in [5, 5.41) is 28.9. The van der Waals surface area contributed by atoms with E-state index in [1.165, 1.54) is 10.8 Å². The van der Waals surface area contributed by atoms with Crippen LogP contribution in [0.4, 0.5) is 5.69 Å². The Morgan fingerprint density at radius 2 is 0.738 bits per heavy atom. The molecular formula is C74H39N9S. The number of pyridine rings is 2. The topological polar surface area (TPSA) is 97.4 Å². The van der Waals surface area contributed by atoms with Gasteiger partial charge in [0.25, 0.3) is 0 Å². The summed E-state index contributed by atoms with van der Waals surface area (Å²) in [6.07, 6.45) is 3.98. The molecule has 7 heterocycles. The normalized spacial score (nSPS) is 14.2. The first-order chi connectivity index (χ1) is 41.5. The minimum atomic E-state index is -1.06. The predicted molar refractivity (Wildman–Crippen MR) is 337 cm³/mol. The van der Waals surface area contributed by atoms with Crippen molar-refractivity contribution in [1.29, 1.82) is 10.5 Å². The lowest BCUT2D eigenvalue weighted by molar-refractivity contribution is 0.713. The number of aromatic nitrogens is 6. The highest BCUT2D eigenvalue weighted by atomic mass is 32.2. The Hall–Kier alpha value is -11.5. The van der Waals surface area contributed by atoms with Crippen molar-refractivity contribution in [2.24, 2.45) is 0 Å². The second kappa shape index (κ2) is 17.0. The van der Waals surface area contributed by atoms with Crippen molar-refractivity contribution in [2.75, 3.05) is 0 Å². The highest BCUT2D eigenvalue weighted by molar-refractivity contribution is 7.99. The molecule has 386 valence electrons. The van der Waals surface area contributed by atoms with Crippen molar-refractivity contribution in [3.05, 3.63) is 282 Å². The van der Waals surface area contributed by atoms with Crippen molar-refractivity contribution in [3.8, 4) is 46.3 Å². The molecule has 10 aromatic carbocycles. The first-order valence-electron chi connectivity index (χ1n) is 27.8. The van der Waals surface area contributed by atoms with Crippen LogP contribution in [0.2, 0.25) is 0 Å². The van der Waals surface area contributed by atoms with Crippen LogP contribution < -0.4 is 0 Å². The molecule has 84 heavy (non-hydrogen) atoms. The summed E-state index contributed by atoms with van der Waals surface area (Å²) in [5.41, 5.74) is 18.5. The summed E-state index contributed by atoms with van der Waals surface area (Å²) in [7, 11) is 0. The molecule has 0 radical (unpaired) electrons. The van der Waals surface area contributed by atoms with Crippen LogP contribution in [0.1, 0.15) is 33.4 Å². The second-order valence-corrected chi connectivity index (χ2v) is 22.8. The van der Waals surface area contributed by atoms with Crippen LogP contribution in [-0.2, 0) is 5.41 Å². The molecule has 0 saturated heterocycles. The Balaban J connectivity index is 1.02. The minimum absolute atomic E-state index is 0.582. The van der Waals surface area contributed by atoms with Crippen LogP contribution >= 0.6 is 11.8 Å². The maximum absolute atomic E-state index is 10.3. The Morgan fingerprint density at radius 3 is 1.17 bits per heavy atom. The summed E-state index contributed by atoms with van der Waals surface area (Å²) < 4.78 is 9.43. The molecule has 1 atom stereocenters. The van der Waals surface area contributed by atoms with Crippen molar-refractivity contribution >= 4 is 105 Å². The summed E-state index contributed by atoms with van der Waals surface area (Å²) in [6.45, 7) is 8.00. The van der Waals surface area contributed by atoms with E-state index in [1.807, 2.05) is 48.8 Å². The quantitative estimate of drug-likeness (QED) is 0.164. The van der Waals surface area contributed by atoms with Gasteiger partial charge in [-0.15, -0.1) is 0 Å². The first-order valence-corrected chi connectivity index (χ1v) is 28.6. The van der Waals surface area contributed by atoms with E-state index in [9.17, 15) is 10.5 Å². The molecule has 1 unspecified atom stereocenters. The third-order valence-corrected chi connectivity index (χ3v) is 19.0. The summed E-state index contributed by atoms with van der Waals surface area (Å²) in [4.78, 5) is 17.3. The lowest BCUT2D eigenvalue weighted by atomic mass is 9.67. The zero-order valence-corrected chi connectivity index (χ0v) is 45.3. The van der Waals surface area contributed by atoms with Crippen LogP contribution in [0.5, 0.6) is 0 Å². The van der Waals surface area contributed by atoms with Gasteiger partial charge in [-0.3, -0.25) is 9.97 Å². The van der Waals surface area contributed by atoms with Gasteiger partial charge in [0.1, 0.15) is 0 Å². The van der Waals surface area contributed by atoms with Gasteiger partial charge in [-0.25, -0.2) is 4.85 Å². The van der Waals surface area contributed by atoms with E-state index in [2.05, 4.69) is 223 Å². The maximum Gasteiger partial charge on any atom is 0.188 e. The van der Waals surface area contributed by atoms with E-state index in [-0.39, 0.29) is 0 Å². The number of rotatable bonds is 4. The summed E-state index contributed by atoms with van der Waals surface area (Å²) >= 11 is 1.81. The van der Waals surface area contributed by atoms with Crippen LogP contribution in [-0.4, -0.2) is 28.2 Å². The number of hydrogen-bond acceptors (Lipinski definition) is 5. The monoisotopic (exact) mass is 1090 g/mol. The summed E-state index contributed by atoms with van der Waals surface area (Å²) in [6, 6.07) is 83.9. The van der Waals surface area contributed by atoms with Crippen molar-refractivity contribution in [1.82, 2.24) is 28.2 Å². The predicted octanol–water partition coefficient (Wildman–Crippen LogP) is 18.0. The Morgan fingerprint density at radius 1 is 0.369 bits per heavy atom. The van der Waals surface area contributed by atoms with E-state index < -0.39 is 5.41 Å². The van der Waals surface area contributed by atoms with Crippen molar-refractivity contribution < 1.29 is 0 Å². The maximum atomic E-state index is 10.3. The first kappa shape index (κ1) is 46.3. The number of para-hydroxylation sites is 5. The summed E-state index contributed by atoms with van der Waals surface area (Å²) in [5.74, 6) is 0. The van der Waals surface area contributed by atoms with Crippen LogP contribution in [0, 0.1) is 29.2 Å². The minimum Gasteiger partial charge on any atom is -0.308 e. The van der Waals surface area contributed by atoms with Crippen molar-refractivity contribution in [2.45, 2.75) is 15.2 Å². The number of nitrogens with zero attached hydrogens (tertiary/aromatic N) is 9. The fraction of sp³-hybridized carbons (Fsp3) is 0.0135. The zero-order valence-electron chi connectivity index (χ0n) is 44.4. The molecule has 6 aromatic heterocycles. The molecule has 2 aliphatic rings. The number of hydrogen-bond donors (Lipinski definition) is 0. The standard InChI is InChI=1S/C74H39N9S/c1-77-45-30-33-66-55(36-45)52-18-5-8-22-61(52)81(66)47-38-59-71(79-42-47)70-58(37-46(41-78-70)80-60-21-7-4-16-50(60)53-34-43(39-75)28-31-65(53)80)74(59)56-19-12-26-68(82-62-23-9-2-14-48(62)49-15-3-10-24-63(49)82)72(56)84-73-57(74)20-13-27-69(73)83-64-25-11-6-17-51(64)54-35-44(40-76)29-32-67(54)83/h2-38,41-42H. The Labute approximate surface area is 483 Å².